The predicted molar refractivity (Wildman–Crippen MR) is 82.1 cm³/mol. The zero-order valence-electron chi connectivity index (χ0n) is 12.8. The van der Waals surface area contributed by atoms with Crippen molar-refractivity contribution < 1.29 is 4.74 Å². The Bertz CT molecular complexity index is 163. The number of hydrogen-bond acceptors (Lipinski definition) is 1. The minimum atomic E-state index is 0.935. The first kappa shape index (κ1) is 17.7. The van der Waals surface area contributed by atoms with Crippen LogP contribution in [0.3, 0.4) is 0 Å². The first-order valence-corrected chi connectivity index (χ1v) is 8.05. The van der Waals surface area contributed by atoms with E-state index in [1.165, 1.54) is 77.0 Å². The molecular formula is C17H34O. The van der Waals surface area contributed by atoms with Crippen molar-refractivity contribution >= 4 is 0 Å². The second kappa shape index (κ2) is 16.7. The maximum atomic E-state index is 5.04. The first-order chi connectivity index (χ1) is 8.91. The molecule has 0 radical (unpaired) electrons. The highest BCUT2D eigenvalue weighted by Crippen LogP contribution is 2.10. The van der Waals surface area contributed by atoms with Crippen LogP contribution >= 0.6 is 0 Å². The zero-order chi connectivity index (χ0) is 13.3. The van der Waals surface area contributed by atoms with Crippen molar-refractivity contribution in [3.63, 3.8) is 0 Å². The molecule has 0 spiro atoms. The third kappa shape index (κ3) is 15.7. The average molecular weight is 254 g/mol. The summed E-state index contributed by atoms with van der Waals surface area (Å²) >= 11 is 0. The Morgan fingerprint density at radius 2 is 1.17 bits per heavy atom. The van der Waals surface area contributed by atoms with Crippen LogP contribution in [0, 0.1) is 0 Å². The van der Waals surface area contributed by atoms with E-state index in [1.54, 1.807) is 7.11 Å². The van der Waals surface area contributed by atoms with Crippen molar-refractivity contribution in [3.8, 4) is 0 Å². The molecule has 0 amide bonds. The Morgan fingerprint density at radius 1 is 0.667 bits per heavy atom. The molecule has 0 atom stereocenters. The quantitative estimate of drug-likeness (QED) is 0.277. The van der Waals surface area contributed by atoms with Gasteiger partial charge >= 0.3 is 0 Å². The first-order valence-electron chi connectivity index (χ1n) is 8.05. The highest BCUT2D eigenvalue weighted by molar-refractivity contribution is 4.81. The molecule has 0 aliphatic carbocycles. The smallest absolute Gasteiger partial charge is 0.0462 e. The lowest BCUT2D eigenvalue weighted by Gasteiger charge is -2.01. The Morgan fingerprint density at radius 3 is 1.72 bits per heavy atom. The van der Waals surface area contributed by atoms with Gasteiger partial charge in [-0.25, -0.2) is 0 Å². The van der Waals surface area contributed by atoms with Crippen LogP contribution in [-0.2, 0) is 4.74 Å². The van der Waals surface area contributed by atoms with E-state index in [-0.39, 0.29) is 0 Å². The summed E-state index contributed by atoms with van der Waals surface area (Å²) in [5.41, 5.74) is 0. The summed E-state index contributed by atoms with van der Waals surface area (Å²) < 4.78 is 5.04. The maximum absolute atomic E-state index is 5.04. The Balaban J connectivity index is 2.96. The van der Waals surface area contributed by atoms with Crippen molar-refractivity contribution in [2.45, 2.75) is 84.0 Å². The molecule has 0 heterocycles. The molecule has 0 aromatic carbocycles. The monoisotopic (exact) mass is 254 g/mol. The molecule has 108 valence electrons. The van der Waals surface area contributed by atoms with Crippen LogP contribution in [0.15, 0.2) is 12.2 Å². The third-order valence-electron chi connectivity index (χ3n) is 3.36. The van der Waals surface area contributed by atoms with Crippen molar-refractivity contribution in [1.29, 1.82) is 0 Å². The number of allylic oxidation sites excluding steroid dienone is 2. The molecule has 0 bridgehead atoms. The second-order valence-electron chi connectivity index (χ2n) is 5.22. The summed E-state index contributed by atoms with van der Waals surface area (Å²) in [6, 6.07) is 0. The van der Waals surface area contributed by atoms with E-state index >= 15 is 0 Å². The van der Waals surface area contributed by atoms with E-state index < -0.39 is 0 Å². The van der Waals surface area contributed by atoms with Crippen LogP contribution in [0.2, 0.25) is 0 Å². The second-order valence-corrected chi connectivity index (χ2v) is 5.22. The molecule has 0 N–H and O–H groups in total. The number of rotatable bonds is 14. The van der Waals surface area contributed by atoms with Gasteiger partial charge in [-0.1, -0.05) is 70.4 Å². The van der Waals surface area contributed by atoms with Crippen molar-refractivity contribution in [2.75, 3.05) is 13.7 Å². The van der Waals surface area contributed by atoms with Gasteiger partial charge in [0.2, 0.25) is 0 Å². The summed E-state index contributed by atoms with van der Waals surface area (Å²) in [4.78, 5) is 0. The van der Waals surface area contributed by atoms with Gasteiger partial charge in [0.1, 0.15) is 0 Å². The van der Waals surface area contributed by atoms with Crippen LogP contribution in [0.4, 0.5) is 0 Å². The van der Waals surface area contributed by atoms with E-state index in [2.05, 4.69) is 19.1 Å². The van der Waals surface area contributed by atoms with Gasteiger partial charge in [0.05, 0.1) is 0 Å². The fraction of sp³-hybridized carbons (Fsp3) is 0.882. The van der Waals surface area contributed by atoms with Crippen LogP contribution in [0.5, 0.6) is 0 Å². The molecule has 1 nitrogen and oxygen atoms in total. The maximum Gasteiger partial charge on any atom is 0.0462 e. The van der Waals surface area contributed by atoms with Gasteiger partial charge in [-0.05, 0) is 25.7 Å². The fourth-order valence-electron chi connectivity index (χ4n) is 2.13. The number of ether oxygens (including phenoxy) is 1. The molecule has 0 saturated heterocycles. The standard InChI is InChI=1S/C17H34O/c1-3-4-5-6-7-8-9-10-11-12-13-14-15-16-17-18-2/h6-7H,3-5,8-17H2,1-2H3/b7-6-. The molecule has 1 heteroatoms. The van der Waals surface area contributed by atoms with E-state index in [9.17, 15) is 0 Å². The van der Waals surface area contributed by atoms with Crippen LogP contribution < -0.4 is 0 Å². The average Bonchev–Trinajstić information content (AvgIpc) is 2.39. The molecule has 0 aliphatic rings. The SMILES string of the molecule is CCCC/C=C\CCCCCCCCCCOC. The molecule has 0 saturated carbocycles. The molecule has 0 unspecified atom stereocenters. The molecule has 0 aromatic rings. The molecular weight excluding hydrogens is 220 g/mol. The predicted octanol–water partition coefficient (Wildman–Crippen LogP) is 5.89. The lowest BCUT2D eigenvalue weighted by molar-refractivity contribution is 0.192. The highest BCUT2D eigenvalue weighted by atomic mass is 16.5. The van der Waals surface area contributed by atoms with Gasteiger partial charge in [0.25, 0.3) is 0 Å². The Hall–Kier alpha value is -0.300. The van der Waals surface area contributed by atoms with E-state index in [0.717, 1.165) is 6.61 Å². The highest BCUT2D eigenvalue weighted by Gasteiger charge is 1.91. The Kier molecular flexibility index (Phi) is 16.4. The number of hydrogen-bond donors (Lipinski definition) is 0. The zero-order valence-corrected chi connectivity index (χ0v) is 12.8. The summed E-state index contributed by atoms with van der Waals surface area (Å²) in [6.45, 7) is 3.19. The van der Waals surface area contributed by atoms with Gasteiger partial charge in [-0.2, -0.15) is 0 Å². The molecule has 0 fully saturated rings. The van der Waals surface area contributed by atoms with Crippen molar-refractivity contribution in [2.24, 2.45) is 0 Å². The van der Waals surface area contributed by atoms with Gasteiger partial charge in [0, 0.05) is 13.7 Å². The summed E-state index contributed by atoms with van der Waals surface area (Å²) in [6.07, 6.45) is 21.0. The summed E-state index contributed by atoms with van der Waals surface area (Å²) in [5.74, 6) is 0. The van der Waals surface area contributed by atoms with Gasteiger partial charge < -0.3 is 4.74 Å². The lowest BCUT2D eigenvalue weighted by Crippen LogP contribution is -1.88. The normalized spacial score (nSPS) is 11.4. The Labute approximate surface area is 115 Å². The van der Waals surface area contributed by atoms with Gasteiger partial charge in [-0.3, -0.25) is 0 Å². The van der Waals surface area contributed by atoms with Gasteiger partial charge in [0.15, 0.2) is 0 Å². The summed E-state index contributed by atoms with van der Waals surface area (Å²) in [7, 11) is 1.79. The fourth-order valence-corrected chi connectivity index (χ4v) is 2.13. The molecule has 0 rings (SSSR count). The van der Waals surface area contributed by atoms with E-state index in [0.29, 0.717) is 0 Å². The van der Waals surface area contributed by atoms with Crippen molar-refractivity contribution in [3.05, 3.63) is 12.2 Å². The number of unbranched alkanes of at least 4 members (excludes halogenated alkanes) is 10. The molecule has 0 aromatic heterocycles. The lowest BCUT2D eigenvalue weighted by atomic mass is 10.1. The third-order valence-corrected chi connectivity index (χ3v) is 3.36. The minimum Gasteiger partial charge on any atom is -0.385 e. The number of methoxy groups -OCH3 is 1. The molecule has 0 aliphatic heterocycles. The van der Waals surface area contributed by atoms with Crippen molar-refractivity contribution in [1.82, 2.24) is 0 Å². The van der Waals surface area contributed by atoms with E-state index in [1.807, 2.05) is 0 Å². The van der Waals surface area contributed by atoms with Crippen LogP contribution in [0.25, 0.3) is 0 Å². The van der Waals surface area contributed by atoms with Gasteiger partial charge in [-0.15, -0.1) is 0 Å². The molecule has 18 heavy (non-hydrogen) atoms. The summed E-state index contributed by atoms with van der Waals surface area (Å²) in [5, 5.41) is 0. The van der Waals surface area contributed by atoms with E-state index in [4.69, 9.17) is 4.74 Å². The minimum absolute atomic E-state index is 0.935. The van der Waals surface area contributed by atoms with Crippen LogP contribution in [-0.4, -0.2) is 13.7 Å². The largest absolute Gasteiger partial charge is 0.385 e. The van der Waals surface area contributed by atoms with Crippen LogP contribution in [0.1, 0.15) is 84.0 Å². The topological polar surface area (TPSA) is 9.23 Å².